The van der Waals surface area contributed by atoms with Crippen LogP contribution in [0, 0.1) is 11.8 Å². The zero-order valence-electron chi connectivity index (χ0n) is 14.1. The van der Waals surface area contributed by atoms with Crippen LogP contribution in [0.4, 0.5) is 14.5 Å². The first-order valence-corrected chi connectivity index (χ1v) is 8.84. The Morgan fingerprint density at radius 2 is 2.12 bits per heavy atom. The third-order valence-electron chi connectivity index (χ3n) is 5.24. The number of aryl methyl sites for hydroxylation is 1. The number of nitrogens with zero attached hydrogens (tertiary/aromatic N) is 2. The molecule has 6 heteroatoms. The molecular formula is C19H21F2N3O. The third kappa shape index (κ3) is 3.17. The average Bonchev–Trinajstić information content (AvgIpc) is 3.50. The molecular weight excluding hydrogens is 324 g/mol. The lowest BCUT2D eigenvalue weighted by Gasteiger charge is -2.11. The lowest BCUT2D eigenvalue weighted by atomic mass is 10.0. The number of hydrogen-bond donors (Lipinski definition) is 1. The number of benzene rings is 1. The maximum Gasteiger partial charge on any atom is 0.282 e. The quantitative estimate of drug-likeness (QED) is 0.831. The zero-order valence-corrected chi connectivity index (χ0v) is 14.1. The molecule has 1 N–H and O–H groups in total. The van der Waals surface area contributed by atoms with E-state index in [1.54, 1.807) is 6.92 Å². The normalized spacial score (nSPS) is 22.2. The first-order valence-electron chi connectivity index (χ1n) is 8.84. The van der Waals surface area contributed by atoms with Crippen LogP contribution in [0.3, 0.4) is 0 Å². The van der Waals surface area contributed by atoms with Crippen LogP contribution >= 0.6 is 0 Å². The fraction of sp³-hybridized carbons (Fsp3) is 0.474. The second-order valence-corrected chi connectivity index (χ2v) is 6.97. The Bertz CT molecular complexity index is 798. The molecule has 2 unspecified atom stereocenters. The minimum absolute atomic E-state index is 0.0545. The summed E-state index contributed by atoms with van der Waals surface area (Å²) in [5, 5.41) is 6.65. The van der Waals surface area contributed by atoms with E-state index in [-0.39, 0.29) is 5.56 Å². The Labute approximate surface area is 145 Å². The maximum absolute atomic E-state index is 13.2. The monoisotopic (exact) mass is 345 g/mol. The summed E-state index contributed by atoms with van der Waals surface area (Å²) < 4.78 is 27.7. The van der Waals surface area contributed by atoms with Crippen LogP contribution in [0.1, 0.15) is 60.1 Å². The van der Waals surface area contributed by atoms with Gasteiger partial charge in [0.05, 0.1) is 5.56 Å². The molecule has 2 atom stereocenters. The molecule has 1 amide bonds. The van der Waals surface area contributed by atoms with Crippen molar-refractivity contribution in [3.8, 4) is 0 Å². The largest absolute Gasteiger partial charge is 0.322 e. The highest BCUT2D eigenvalue weighted by Gasteiger charge is 2.48. The van der Waals surface area contributed by atoms with E-state index in [1.807, 2.05) is 24.3 Å². The number of hydrogen-bond acceptors (Lipinski definition) is 2. The number of para-hydroxylation sites is 1. The van der Waals surface area contributed by atoms with Crippen LogP contribution in [-0.4, -0.2) is 15.7 Å². The van der Waals surface area contributed by atoms with Crippen LogP contribution in [0.2, 0.25) is 0 Å². The van der Waals surface area contributed by atoms with Crippen molar-refractivity contribution >= 4 is 11.6 Å². The van der Waals surface area contributed by atoms with Gasteiger partial charge in [0.1, 0.15) is 5.69 Å². The topological polar surface area (TPSA) is 46.9 Å². The Morgan fingerprint density at radius 1 is 1.36 bits per heavy atom. The number of halogens is 2. The smallest absolute Gasteiger partial charge is 0.282 e. The molecule has 0 aliphatic heterocycles. The first kappa shape index (κ1) is 16.2. The predicted molar refractivity (Wildman–Crippen MR) is 90.8 cm³/mol. The van der Waals surface area contributed by atoms with Crippen LogP contribution in [0.15, 0.2) is 30.5 Å². The van der Waals surface area contributed by atoms with Gasteiger partial charge >= 0.3 is 0 Å². The molecule has 2 saturated carbocycles. The van der Waals surface area contributed by atoms with E-state index >= 15 is 0 Å². The summed E-state index contributed by atoms with van der Waals surface area (Å²) in [7, 11) is 0. The lowest BCUT2D eigenvalue weighted by molar-refractivity contribution is 0.101. The molecule has 4 nitrogen and oxygen atoms in total. The molecule has 1 heterocycles. The van der Waals surface area contributed by atoms with Gasteiger partial charge in [0.25, 0.3) is 12.3 Å². The van der Waals surface area contributed by atoms with Gasteiger partial charge in [-0.3, -0.25) is 9.48 Å². The summed E-state index contributed by atoms with van der Waals surface area (Å²) in [5.74, 6) is 1.52. The molecule has 132 valence electrons. The van der Waals surface area contributed by atoms with Gasteiger partial charge in [-0.05, 0) is 55.6 Å². The van der Waals surface area contributed by atoms with Gasteiger partial charge in [-0.2, -0.15) is 5.10 Å². The van der Waals surface area contributed by atoms with Gasteiger partial charge < -0.3 is 5.32 Å². The zero-order chi connectivity index (χ0) is 17.6. The Kier molecular flexibility index (Phi) is 4.06. The molecule has 0 radical (unpaired) electrons. The van der Waals surface area contributed by atoms with Gasteiger partial charge in [-0.1, -0.05) is 18.2 Å². The lowest BCUT2D eigenvalue weighted by Crippen LogP contribution is -2.14. The van der Waals surface area contributed by atoms with Gasteiger partial charge in [-0.15, -0.1) is 0 Å². The summed E-state index contributed by atoms with van der Waals surface area (Å²) in [6.45, 7) is 2.24. The van der Waals surface area contributed by atoms with Crippen molar-refractivity contribution in [3.05, 3.63) is 47.3 Å². The van der Waals surface area contributed by atoms with E-state index in [2.05, 4.69) is 10.4 Å². The van der Waals surface area contributed by atoms with Crippen molar-refractivity contribution in [2.45, 2.75) is 45.1 Å². The fourth-order valence-electron chi connectivity index (χ4n) is 3.68. The molecule has 0 bridgehead atoms. The number of anilines is 1. The van der Waals surface area contributed by atoms with Gasteiger partial charge in [-0.25, -0.2) is 8.78 Å². The molecule has 2 aliphatic rings. The second-order valence-electron chi connectivity index (χ2n) is 6.97. The molecule has 25 heavy (non-hydrogen) atoms. The highest BCUT2D eigenvalue weighted by Crippen LogP contribution is 2.60. The number of carbonyl (C=O) groups excluding carboxylic acids is 1. The molecule has 2 fully saturated rings. The summed E-state index contributed by atoms with van der Waals surface area (Å²) in [6.07, 6.45) is 2.40. The number of amides is 1. The third-order valence-corrected chi connectivity index (χ3v) is 5.24. The Hall–Kier alpha value is -2.24. The van der Waals surface area contributed by atoms with Crippen LogP contribution in [0.25, 0.3) is 0 Å². The van der Waals surface area contributed by atoms with E-state index in [9.17, 15) is 13.6 Å². The van der Waals surface area contributed by atoms with Crippen molar-refractivity contribution in [3.63, 3.8) is 0 Å². The molecule has 2 aliphatic carbocycles. The molecule has 1 aromatic heterocycles. The number of alkyl halides is 2. The van der Waals surface area contributed by atoms with E-state index < -0.39 is 18.0 Å². The maximum atomic E-state index is 13.2. The number of carbonyl (C=O) groups is 1. The summed E-state index contributed by atoms with van der Waals surface area (Å²) in [5.41, 5.74) is 1.33. The fourth-order valence-corrected chi connectivity index (χ4v) is 3.68. The highest BCUT2D eigenvalue weighted by molar-refractivity contribution is 6.05. The van der Waals surface area contributed by atoms with Crippen molar-refractivity contribution in [1.29, 1.82) is 0 Å². The van der Waals surface area contributed by atoms with E-state index in [1.165, 1.54) is 23.7 Å². The van der Waals surface area contributed by atoms with Crippen molar-refractivity contribution in [2.24, 2.45) is 11.8 Å². The molecule has 2 aromatic rings. The Morgan fingerprint density at radius 3 is 2.80 bits per heavy atom. The number of aromatic nitrogens is 2. The minimum Gasteiger partial charge on any atom is -0.322 e. The van der Waals surface area contributed by atoms with Crippen LogP contribution in [0.5, 0.6) is 0 Å². The van der Waals surface area contributed by atoms with Crippen molar-refractivity contribution in [1.82, 2.24) is 9.78 Å². The standard InChI is InChI=1S/C19H21F2N3O/c1-2-24-10-15(17(23-24)18(20)21)19(25)22-16-6-4-3-5-12(16)14-9-13(14)11-7-8-11/h3-6,10-11,13-14,18H,2,7-9H2,1H3,(H,22,25). The number of rotatable bonds is 6. The first-order chi connectivity index (χ1) is 12.1. The summed E-state index contributed by atoms with van der Waals surface area (Å²) in [4.78, 5) is 12.6. The summed E-state index contributed by atoms with van der Waals surface area (Å²) in [6, 6.07) is 7.71. The van der Waals surface area contributed by atoms with E-state index in [4.69, 9.17) is 0 Å². The molecule has 1 aromatic carbocycles. The van der Waals surface area contributed by atoms with Crippen molar-refractivity contribution < 1.29 is 13.6 Å². The van der Waals surface area contributed by atoms with E-state index in [0.717, 1.165) is 29.5 Å². The van der Waals surface area contributed by atoms with Crippen molar-refractivity contribution in [2.75, 3.05) is 5.32 Å². The second kappa shape index (κ2) is 6.24. The Balaban J connectivity index is 1.56. The van der Waals surface area contributed by atoms with Crippen LogP contribution in [-0.2, 0) is 6.54 Å². The van der Waals surface area contributed by atoms with Gasteiger partial charge in [0.15, 0.2) is 0 Å². The molecule has 0 spiro atoms. The SMILES string of the molecule is CCn1cc(C(=O)Nc2ccccc2C2CC2C2CC2)c(C(F)F)n1. The minimum atomic E-state index is -2.77. The van der Waals surface area contributed by atoms with Gasteiger partial charge in [0.2, 0.25) is 0 Å². The molecule has 4 rings (SSSR count). The molecule has 0 saturated heterocycles. The number of nitrogens with one attached hydrogen (secondary N) is 1. The predicted octanol–water partition coefficient (Wildman–Crippen LogP) is 4.61. The van der Waals surface area contributed by atoms with Gasteiger partial charge in [0, 0.05) is 18.4 Å². The summed E-state index contributed by atoms with van der Waals surface area (Å²) >= 11 is 0. The van der Waals surface area contributed by atoms with E-state index in [0.29, 0.717) is 12.5 Å². The highest BCUT2D eigenvalue weighted by atomic mass is 19.3. The average molecular weight is 345 g/mol. The van der Waals surface area contributed by atoms with Crippen LogP contribution < -0.4 is 5.32 Å².